The lowest BCUT2D eigenvalue weighted by molar-refractivity contribution is -0.0735. The SMILES string of the molecule is Cc1c(-c2cc(OC[C@@](C)(O)c3ncc(F)cc3F)c3c(Cl)cnn3c2)nnn1C1CCN(C2COC2)CC1. The molecule has 0 amide bonds. The average Bonchev–Trinajstić information content (AvgIpc) is 3.44. The molecule has 0 bridgehead atoms. The second-order valence-electron chi connectivity index (χ2n) is 10.4. The Morgan fingerprint density at radius 3 is 2.64 bits per heavy atom. The standard InChI is InChI=1S/C26H28ClF2N7O3/c1-15-23(32-33-36(15)18-3-5-34(6-4-18)19-12-38-13-19)16-7-22(24-20(27)10-31-35(24)11-16)39-14-26(2,37)25-21(29)8-17(28)9-30-25/h7-11,18-19,37H,3-6,12-14H2,1-2H3/t26-/m1/s1. The lowest BCUT2D eigenvalue weighted by Crippen LogP contribution is -2.52. The van der Waals surface area contributed by atoms with Gasteiger partial charge in [0.2, 0.25) is 0 Å². The number of ether oxygens (including phenoxy) is 2. The first-order chi connectivity index (χ1) is 18.7. The van der Waals surface area contributed by atoms with Crippen LogP contribution in [0.25, 0.3) is 16.8 Å². The van der Waals surface area contributed by atoms with Crippen LogP contribution in [0, 0.1) is 18.6 Å². The fourth-order valence-corrected chi connectivity index (χ4v) is 5.49. The van der Waals surface area contributed by atoms with E-state index in [1.165, 1.54) is 13.1 Å². The van der Waals surface area contributed by atoms with Gasteiger partial charge in [-0.1, -0.05) is 16.8 Å². The molecule has 1 atom stereocenters. The summed E-state index contributed by atoms with van der Waals surface area (Å²) in [5.74, 6) is -1.50. The molecule has 0 saturated carbocycles. The van der Waals surface area contributed by atoms with E-state index >= 15 is 0 Å². The van der Waals surface area contributed by atoms with Crippen LogP contribution in [0.3, 0.4) is 0 Å². The fraction of sp³-hybridized carbons (Fsp3) is 0.462. The average molecular weight is 560 g/mol. The van der Waals surface area contributed by atoms with Crippen molar-refractivity contribution in [1.29, 1.82) is 0 Å². The van der Waals surface area contributed by atoms with Gasteiger partial charge < -0.3 is 14.6 Å². The largest absolute Gasteiger partial charge is 0.488 e. The highest BCUT2D eigenvalue weighted by Gasteiger charge is 2.32. The molecule has 0 aromatic carbocycles. The smallest absolute Gasteiger partial charge is 0.150 e. The molecular weight excluding hydrogens is 532 g/mol. The molecule has 4 aromatic rings. The number of fused-ring (bicyclic) bond motifs is 1. The van der Waals surface area contributed by atoms with E-state index in [-0.39, 0.29) is 18.3 Å². The Morgan fingerprint density at radius 1 is 1.18 bits per heavy atom. The van der Waals surface area contributed by atoms with Gasteiger partial charge in [-0.3, -0.25) is 9.88 Å². The maximum absolute atomic E-state index is 14.3. The number of aliphatic hydroxyl groups is 1. The van der Waals surface area contributed by atoms with Gasteiger partial charge in [0.05, 0.1) is 48.4 Å². The third-order valence-electron chi connectivity index (χ3n) is 7.54. The summed E-state index contributed by atoms with van der Waals surface area (Å²) >= 11 is 6.39. The number of aromatic nitrogens is 6. The second kappa shape index (κ2) is 10.1. The van der Waals surface area contributed by atoms with E-state index in [4.69, 9.17) is 21.1 Å². The van der Waals surface area contributed by atoms with Crippen LogP contribution in [0.4, 0.5) is 8.78 Å². The number of likely N-dealkylation sites (tertiary alicyclic amines) is 1. The molecule has 2 aliphatic heterocycles. The highest BCUT2D eigenvalue weighted by Crippen LogP contribution is 2.35. The number of halogens is 3. The predicted molar refractivity (Wildman–Crippen MR) is 138 cm³/mol. The quantitative estimate of drug-likeness (QED) is 0.367. The number of hydrogen-bond donors (Lipinski definition) is 1. The van der Waals surface area contributed by atoms with Crippen molar-refractivity contribution in [3.63, 3.8) is 0 Å². The maximum atomic E-state index is 14.3. The monoisotopic (exact) mass is 559 g/mol. The lowest BCUT2D eigenvalue weighted by Gasteiger charge is -2.41. The third kappa shape index (κ3) is 4.86. The molecule has 2 saturated heterocycles. The third-order valence-corrected chi connectivity index (χ3v) is 7.82. The molecule has 4 aromatic heterocycles. The number of rotatable bonds is 7. The Morgan fingerprint density at radius 2 is 1.95 bits per heavy atom. The highest BCUT2D eigenvalue weighted by molar-refractivity contribution is 6.34. The van der Waals surface area contributed by atoms with Gasteiger partial charge in [-0.15, -0.1) is 5.10 Å². The molecule has 2 fully saturated rings. The first-order valence-electron chi connectivity index (χ1n) is 12.8. The maximum Gasteiger partial charge on any atom is 0.150 e. The van der Waals surface area contributed by atoms with E-state index in [0.29, 0.717) is 39.7 Å². The normalized spacial score (nSPS) is 18.8. The van der Waals surface area contributed by atoms with Crippen LogP contribution in [-0.4, -0.2) is 78.6 Å². The van der Waals surface area contributed by atoms with Gasteiger partial charge in [-0.25, -0.2) is 18.0 Å². The molecule has 0 aliphatic carbocycles. The van der Waals surface area contributed by atoms with Gasteiger partial charge in [0.15, 0.2) is 5.82 Å². The lowest BCUT2D eigenvalue weighted by atomic mass is 10.0. The molecule has 0 radical (unpaired) electrons. The van der Waals surface area contributed by atoms with Crippen molar-refractivity contribution in [3.8, 4) is 17.0 Å². The van der Waals surface area contributed by atoms with E-state index in [0.717, 1.165) is 51.0 Å². The summed E-state index contributed by atoms with van der Waals surface area (Å²) < 4.78 is 42.5. The van der Waals surface area contributed by atoms with E-state index in [9.17, 15) is 13.9 Å². The van der Waals surface area contributed by atoms with Gasteiger partial charge in [0.25, 0.3) is 0 Å². The zero-order valence-electron chi connectivity index (χ0n) is 21.5. The number of pyridine rings is 2. The Kier molecular flexibility index (Phi) is 6.74. The van der Waals surface area contributed by atoms with Crippen LogP contribution in [0.2, 0.25) is 5.02 Å². The summed E-state index contributed by atoms with van der Waals surface area (Å²) in [5.41, 5.74) is 0.564. The van der Waals surface area contributed by atoms with E-state index in [1.807, 2.05) is 11.6 Å². The number of nitrogens with zero attached hydrogens (tertiary/aromatic N) is 7. The molecule has 206 valence electrons. The van der Waals surface area contributed by atoms with Crippen LogP contribution in [0.1, 0.15) is 37.2 Å². The molecular formula is C26H28ClF2N7O3. The second-order valence-corrected chi connectivity index (χ2v) is 10.8. The fourth-order valence-electron chi connectivity index (χ4n) is 5.27. The van der Waals surface area contributed by atoms with Crippen molar-refractivity contribution in [2.45, 2.75) is 44.4 Å². The molecule has 1 N–H and O–H groups in total. The zero-order valence-corrected chi connectivity index (χ0v) is 22.3. The van der Waals surface area contributed by atoms with E-state index in [2.05, 4.69) is 25.3 Å². The predicted octanol–water partition coefficient (Wildman–Crippen LogP) is 3.55. The van der Waals surface area contributed by atoms with E-state index < -0.39 is 17.2 Å². The summed E-state index contributed by atoms with van der Waals surface area (Å²) in [6, 6.07) is 3.19. The molecule has 6 heterocycles. The van der Waals surface area contributed by atoms with Crippen LogP contribution in [0.15, 0.2) is 30.7 Å². The summed E-state index contributed by atoms with van der Waals surface area (Å²) in [5, 5.41) is 24.5. The highest BCUT2D eigenvalue weighted by atomic mass is 35.5. The minimum absolute atomic E-state index is 0.246. The summed E-state index contributed by atoms with van der Waals surface area (Å²) in [4.78, 5) is 6.20. The molecule has 0 unspecified atom stereocenters. The van der Waals surface area contributed by atoms with Gasteiger partial charge in [0.1, 0.15) is 40.7 Å². The molecule has 10 nitrogen and oxygen atoms in total. The van der Waals surface area contributed by atoms with Crippen molar-refractivity contribution in [1.82, 2.24) is 34.5 Å². The van der Waals surface area contributed by atoms with Crippen molar-refractivity contribution in [2.24, 2.45) is 0 Å². The Bertz CT molecular complexity index is 1510. The molecule has 0 spiro atoms. The molecule has 2 aliphatic rings. The van der Waals surface area contributed by atoms with Crippen LogP contribution in [-0.2, 0) is 10.3 Å². The summed E-state index contributed by atoms with van der Waals surface area (Å²) in [6.07, 6.45) is 6.07. The topological polar surface area (TPSA) is 103 Å². The van der Waals surface area contributed by atoms with Gasteiger partial charge in [-0.05, 0) is 32.8 Å². The molecule has 13 heteroatoms. The van der Waals surface area contributed by atoms with Crippen molar-refractivity contribution < 1.29 is 23.4 Å². The first kappa shape index (κ1) is 26.1. The molecule has 6 rings (SSSR count). The molecule has 39 heavy (non-hydrogen) atoms. The minimum Gasteiger partial charge on any atom is -0.488 e. The first-order valence-corrected chi connectivity index (χ1v) is 13.2. The minimum atomic E-state index is -1.85. The van der Waals surface area contributed by atoms with Gasteiger partial charge >= 0.3 is 0 Å². The number of hydrogen-bond acceptors (Lipinski definition) is 8. The summed E-state index contributed by atoms with van der Waals surface area (Å²) in [7, 11) is 0. The van der Waals surface area contributed by atoms with Crippen LogP contribution >= 0.6 is 11.6 Å². The van der Waals surface area contributed by atoms with Crippen molar-refractivity contribution >= 4 is 17.1 Å². The van der Waals surface area contributed by atoms with Crippen LogP contribution in [0.5, 0.6) is 5.75 Å². The van der Waals surface area contributed by atoms with E-state index in [1.54, 1.807) is 16.8 Å². The summed E-state index contributed by atoms with van der Waals surface area (Å²) in [6.45, 7) is 6.56. The zero-order chi connectivity index (χ0) is 27.3. The number of piperidine rings is 1. The van der Waals surface area contributed by atoms with Gasteiger partial charge in [-0.2, -0.15) is 5.10 Å². The van der Waals surface area contributed by atoms with Gasteiger partial charge in [0, 0.05) is 30.9 Å². The Hall–Kier alpha value is -3.19. The Labute approximate surface area is 228 Å². The van der Waals surface area contributed by atoms with Crippen molar-refractivity contribution in [3.05, 3.63) is 58.8 Å². The van der Waals surface area contributed by atoms with Crippen LogP contribution < -0.4 is 4.74 Å². The van der Waals surface area contributed by atoms with Crippen molar-refractivity contribution in [2.75, 3.05) is 32.9 Å². The Balaban J connectivity index is 1.26.